The maximum absolute atomic E-state index is 13.6. The van der Waals surface area contributed by atoms with Crippen molar-refractivity contribution in [3.8, 4) is 0 Å². The predicted octanol–water partition coefficient (Wildman–Crippen LogP) is 4.71. The van der Waals surface area contributed by atoms with Crippen LogP contribution in [0.4, 0.5) is 5.69 Å². The van der Waals surface area contributed by atoms with Crippen molar-refractivity contribution >= 4 is 39.1 Å². The minimum Gasteiger partial charge on any atom is -0.352 e. The number of nitrogens with zero attached hydrogens (tertiary/aromatic N) is 2. The summed E-state index contributed by atoms with van der Waals surface area (Å²) in [6.07, 6.45) is 5.06. The molecule has 1 N–H and O–H groups in total. The summed E-state index contributed by atoms with van der Waals surface area (Å²) in [5, 5.41) is 3.52. The highest BCUT2D eigenvalue weighted by molar-refractivity contribution is 7.92. The van der Waals surface area contributed by atoms with Gasteiger partial charge < -0.3 is 10.2 Å². The number of carbonyl (C=O) groups is 2. The zero-order chi connectivity index (χ0) is 26.5. The molecule has 1 atom stereocenters. The second kappa shape index (κ2) is 12.1. The fourth-order valence-electron chi connectivity index (χ4n) is 4.42. The lowest BCUT2D eigenvalue weighted by Gasteiger charge is -2.32. The average Bonchev–Trinajstić information content (AvgIpc) is 3.34. The highest BCUT2D eigenvalue weighted by atomic mass is 35.5. The van der Waals surface area contributed by atoms with Crippen LogP contribution in [-0.2, 0) is 26.2 Å². The van der Waals surface area contributed by atoms with Crippen molar-refractivity contribution in [1.82, 2.24) is 10.2 Å². The van der Waals surface area contributed by atoms with Gasteiger partial charge in [0.1, 0.15) is 12.6 Å². The molecule has 9 heteroatoms. The quantitative estimate of drug-likeness (QED) is 0.479. The van der Waals surface area contributed by atoms with E-state index in [2.05, 4.69) is 19.2 Å². The Bertz CT molecular complexity index is 1160. The van der Waals surface area contributed by atoms with E-state index >= 15 is 0 Å². The first kappa shape index (κ1) is 28.0. The number of rotatable bonds is 10. The Labute approximate surface area is 219 Å². The largest absolute Gasteiger partial charge is 0.352 e. The second-order valence-corrected chi connectivity index (χ2v) is 12.1. The lowest BCUT2D eigenvalue weighted by Crippen LogP contribution is -2.52. The predicted molar refractivity (Wildman–Crippen MR) is 145 cm³/mol. The molecule has 0 bridgehead atoms. The number of hydrogen-bond donors (Lipinski definition) is 1. The van der Waals surface area contributed by atoms with Crippen LogP contribution in [0.15, 0.2) is 48.5 Å². The molecule has 1 aliphatic rings. The topological polar surface area (TPSA) is 86.8 Å². The van der Waals surface area contributed by atoms with Gasteiger partial charge in [-0.05, 0) is 55.0 Å². The van der Waals surface area contributed by atoms with Crippen LogP contribution in [0.3, 0.4) is 0 Å². The van der Waals surface area contributed by atoms with Crippen LogP contribution < -0.4 is 9.62 Å². The molecule has 2 aromatic rings. The number of hydrogen-bond acceptors (Lipinski definition) is 4. The van der Waals surface area contributed by atoms with E-state index in [9.17, 15) is 18.0 Å². The summed E-state index contributed by atoms with van der Waals surface area (Å²) in [6, 6.07) is 13.6. The molecule has 0 unspecified atom stereocenters. The maximum Gasteiger partial charge on any atom is 0.244 e. The molecule has 1 fully saturated rings. The summed E-state index contributed by atoms with van der Waals surface area (Å²) in [6.45, 7) is 5.43. The number of benzene rings is 2. The van der Waals surface area contributed by atoms with Gasteiger partial charge in [0.25, 0.3) is 0 Å². The lowest BCUT2D eigenvalue weighted by molar-refractivity contribution is -0.139. The molecule has 0 heterocycles. The minimum absolute atomic E-state index is 0.0850. The fraction of sp³-hybridized carbons (Fsp3) is 0.481. The molecule has 196 valence electrons. The Kier molecular flexibility index (Phi) is 9.41. The van der Waals surface area contributed by atoms with E-state index in [-0.39, 0.29) is 24.4 Å². The van der Waals surface area contributed by atoms with E-state index < -0.39 is 28.5 Å². The number of sulfonamides is 1. The monoisotopic (exact) mass is 533 g/mol. The summed E-state index contributed by atoms with van der Waals surface area (Å²) in [5.41, 5.74) is 2.15. The Hall–Kier alpha value is -2.58. The highest BCUT2D eigenvalue weighted by Crippen LogP contribution is 2.24. The van der Waals surface area contributed by atoms with Crippen molar-refractivity contribution in [3.05, 3.63) is 64.7 Å². The summed E-state index contributed by atoms with van der Waals surface area (Å²) in [7, 11) is -3.77. The summed E-state index contributed by atoms with van der Waals surface area (Å²) in [4.78, 5) is 28.2. The van der Waals surface area contributed by atoms with Crippen molar-refractivity contribution in [2.24, 2.45) is 0 Å². The van der Waals surface area contributed by atoms with Gasteiger partial charge in [0.15, 0.2) is 0 Å². The molecule has 0 radical (unpaired) electrons. The third-order valence-corrected chi connectivity index (χ3v) is 8.20. The second-order valence-electron chi connectivity index (χ2n) is 9.79. The third-order valence-electron chi connectivity index (χ3n) is 6.69. The Balaban J connectivity index is 1.88. The van der Waals surface area contributed by atoms with Gasteiger partial charge in [0, 0.05) is 17.6 Å². The fourth-order valence-corrected chi connectivity index (χ4v) is 5.47. The first-order valence-electron chi connectivity index (χ1n) is 12.4. The van der Waals surface area contributed by atoms with Crippen molar-refractivity contribution in [3.63, 3.8) is 0 Å². The summed E-state index contributed by atoms with van der Waals surface area (Å²) in [5.74, 6) is -0.449. The molecule has 0 aliphatic heterocycles. The van der Waals surface area contributed by atoms with Gasteiger partial charge in [-0.25, -0.2) is 8.42 Å². The zero-order valence-electron chi connectivity index (χ0n) is 21.4. The van der Waals surface area contributed by atoms with Crippen LogP contribution in [0.2, 0.25) is 5.02 Å². The molecular weight excluding hydrogens is 498 g/mol. The van der Waals surface area contributed by atoms with E-state index in [1.807, 2.05) is 18.2 Å². The third kappa shape index (κ3) is 7.23. The van der Waals surface area contributed by atoms with Crippen LogP contribution in [0.25, 0.3) is 0 Å². The number of nitrogens with one attached hydrogen (secondary N) is 1. The molecular formula is C27H36ClN3O4S. The number of carbonyl (C=O) groups excluding carboxylic acids is 2. The SMILES string of the molecule is CC(C)c1ccc(N(CC(=O)N(Cc2ccccc2Cl)[C@H](C)C(=O)NC2CCCC2)S(C)(=O)=O)cc1. The van der Waals surface area contributed by atoms with Gasteiger partial charge in [-0.2, -0.15) is 0 Å². The van der Waals surface area contributed by atoms with E-state index in [4.69, 9.17) is 11.6 Å². The first-order valence-corrected chi connectivity index (χ1v) is 14.6. The molecule has 1 saturated carbocycles. The van der Waals surface area contributed by atoms with Gasteiger partial charge in [0.05, 0.1) is 11.9 Å². The number of amides is 2. The average molecular weight is 534 g/mol. The van der Waals surface area contributed by atoms with Gasteiger partial charge in [-0.3, -0.25) is 13.9 Å². The first-order chi connectivity index (χ1) is 17.0. The number of anilines is 1. The molecule has 2 aromatic carbocycles. The van der Waals surface area contributed by atoms with Gasteiger partial charge in [-0.15, -0.1) is 0 Å². The summed E-state index contributed by atoms with van der Waals surface area (Å²) < 4.78 is 26.5. The summed E-state index contributed by atoms with van der Waals surface area (Å²) >= 11 is 6.36. The highest BCUT2D eigenvalue weighted by Gasteiger charge is 2.31. The van der Waals surface area contributed by atoms with Crippen molar-refractivity contribution < 1.29 is 18.0 Å². The lowest BCUT2D eigenvalue weighted by atomic mass is 10.0. The maximum atomic E-state index is 13.6. The zero-order valence-corrected chi connectivity index (χ0v) is 23.0. The molecule has 2 amide bonds. The number of halogens is 1. The van der Waals surface area contributed by atoms with Crippen molar-refractivity contribution in [2.75, 3.05) is 17.1 Å². The van der Waals surface area contributed by atoms with E-state index in [0.717, 1.165) is 41.8 Å². The van der Waals surface area contributed by atoms with Gasteiger partial charge >= 0.3 is 0 Å². The van der Waals surface area contributed by atoms with Gasteiger partial charge in [-0.1, -0.05) is 68.6 Å². The van der Waals surface area contributed by atoms with E-state index in [1.54, 1.807) is 37.3 Å². The van der Waals surface area contributed by atoms with Crippen LogP contribution in [0.5, 0.6) is 0 Å². The molecule has 0 spiro atoms. The molecule has 1 aliphatic carbocycles. The minimum atomic E-state index is -3.77. The van der Waals surface area contributed by atoms with Crippen LogP contribution >= 0.6 is 11.6 Å². The smallest absolute Gasteiger partial charge is 0.244 e. The normalized spacial score (nSPS) is 15.1. The molecule has 7 nitrogen and oxygen atoms in total. The van der Waals surface area contributed by atoms with Crippen molar-refractivity contribution in [2.45, 2.75) is 71.0 Å². The van der Waals surface area contributed by atoms with Crippen molar-refractivity contribution in [1.29, 1.82) is 0 Å². The molecule has 3 rings (SSSR count). The molecule has 0 aromatic heterocycles. The van der Waals surface area contributed by atoms with Gasteiger partial charge in [0.2, 0.25) is 21.8 Å². The van der Waals surface area contributed by atoms with E-state index in [1.165, 1.54) is 4.90 Å². The van der Waals surface area contributed by atoms with Crippen LogP contribution in [-0.4, -0.2) is 50.0 Å². The molecule has 36 heavy (non-hydrogen) atoms. The van der Waals surface area contributed by atoms with Crippen LogP contribution in [0.1, 0.15) is 63.5 Å². The Morgan fingerprint density at radius 1 is 1.03 bits per heavy atom. The Morgan fingerprint density at radius 3 is 2.19 bits per heavy atom. The van der Waals surface area contributed by atoms with Crippen LogP contribution in [0, 0.1) is 0 Å². The standard InChI is InChI=1S/C27H36ClN3O4S/c1-19(2)21-13-15-24(16-14-21)31(36(4,34)35)18-26(32)30(17-22-9-5-8-12-25(22)28)20(3)27(33)29-23-10-6-7-11-23/h5,8-9,12-16,19-20,23H,6-7,10-11,17-18H2,1-4H3,(H,29,33)/t20-/m1/s1. The van der Waals surface area contributed by atoms with E-state index in [0.29, 0.717) is 16.3 Å². The molecule has 0 saturated heterocycles. The Morgan fingerprint density at radius 2 is 1.64 bits per heavy atom.